The van der Waals surface area contributed by atoms with Crippen LogP contribution in [-0.2, 0) is 4.79 Å². The van der Waals surface area contributed by atoms with E-state index in [2.05, 4.69) is 10.3 Å². The maximum atomic E-state index is 11.4. The van der Waals surface area contributed by atoms with Gasteiger partial charge in [0.2, 0.25) is 5.91 Å². The molecule has 0 fully saturated rings. The van der Waals surface area contributed by atoms with Crippen molar-refractivity contribution in [2.45, 2.75) is 31.7 Å². The number of amides is 1. The molecule has 0 bridgehead atoms. The van der Waals surface area contributed by atoms with Crippen molar-refractivity contribution < 1.29 is 4.79 Å². The number of carbonyl (C=O) groups is 1. The lowest BCUT2D eigenvalue weighted by molar-refractivity contribution is -0.122. The molecule has 0 spiro atoms. The summed E-state index contributed by atoms with van der Waals surface area (Å²) in [4.78, 5) is 15.5. The molecule has 1 unspecified atom stereocenters. The van der Waals surface area contributed by atoms with Gasteiger partial charge in [0.25, 0.3) is 0 Å². The minimum Gasteiger partial charge on any atom is -0.387 e. The quantitative estimate of drug-likeness (QED) is 0.616. The Balaban J connectivity index is 2.37. The smallest absolute Gasteiger partial charge is 0.244 e. The van der Waals surface area contributed by atoms with Crippen LogP contribution in [0.4, 0.5) is 0 Å². The van der Waals surface area contributed by atoms with Gasteiger partial charge >= 0.3 is 0 Å². The van der Waals surface area contributed by atoms with Crippen molar-refractivity contribution in [2.75, 3.05) is 6.54 Å². The van der Waals surface area contributed by atoms with Crippen molar-refractivity contribution in [1.82, 2.24) is 5.32 Å². The molecule has 76 valence electrons. The summed E-state index contributed by atoms with van der Waals surface area (Å²) in [6.07, 6.45) is 2.77. The van der Waals surface area contributed by atoms with E-state index in [4.69, 9.17) is 11.0 Å². The summed E-state index contributed by atoms with van der Waals surface area (Å²) in [6.45, 7) is 0.390. The normalized spacial score (nSPS) is 20.8. The molecule has 0 aromatic rings. The maximum Gasteiger partial charge on any atom is 0.244 e. The van der Waals surface area contributed by atoms with Crippen LogP contribution >= 0.6 is 0 Å². The third-order valence-corrected chi connectivity index (χ3v) is 2.07. The Kier molecular flexibility index (Phi) is 3.92. The number of hydrogen-bond acceptors (Lipinski definition) is 4. The van der Waals surface area contributed by atoms with Crippen LogP contribution < -0.4 is 11.1 Å². The predicted molar refractivity (Wildman–Crippen MR) is 52.5 cm³/mol. The standard InChI is InChI=1S/C9H14N4O/c10-5-2-6-12-9(14)7-3-1-4-8(11)13-7/h7H,1-4,6H2,(H2,11,13)(H,12,14). The lowest BCUT2D eigenvalue weighted by atomic mass is 10.1. The van der Waals surface area contributed by atoms with Crippen LogP contribution in [-0.4, -0.2) is 24.3 Å². The number of aliphatic imine (C=N–C) groups is 1. The van der Waals surface area contributed by atoms with Crippen LogP contribution in [0.2, 0.25) is 0 Å². The molecule has 1 aliphatic heterocycles. The second-order valence-electron chi connectivity index (χ2n) is 3.23. The van der Waals surface area contributed by atoms with Gasteiger partial charge in [-0.25, -0.2) is 0 Å². The zero-order valence-electron chi connectivity index (χ0n) is 7.99. The topological polar surface area (TPSA) is 91.3 Å². The number of nitrogens with zero attached hydrogens (tertiary/aromatic N) is 2. The fraction of sp³-hybridized carbons (Fsp3) is 0.667. The predicted octanol–water partition coefficient (Wildman–Crippen LogP) is -0.0740. The number of nitriles is 1. The van der Waals surface area contributed by atoms with Gasteiger partial charge in [-0.15, -0.1) is 0 Å². The highest BCUT2D eigenvalue weighted by atomic mass is 16.2. The van der Waals surface area contributed by atoms with Gasteiger partial charge in [0, 0.05) is 13.0 Å². The fourth-order valence-electron chi connectivity index (χ4n) is 1.35. The van der Waals surface area contributed by atoms with Crippen molar-refractivity contribution in [3.63, 3.8) is 0 Å². The lowest BCUT2D eigenvalue weighted by Crippen LogP contribution is -2.37. The third-order valence-electron chi connectivity index (χ3n) is 2.07. The molecule has 0 radical (unpaired) electrons. The van der Waals surface area contributed by atoms with Crippen LogP contribution in [0.3, 0.4) is 0 Å². The first kappa shape index (κ1) is 10.5. The van der Waals surface area contributed by atoms with E-state index in [0.717, 1.165) is 19.3 Å². The molecule has 1 rings (SSSR count). The number of amidine groups is 1. The van der Waals surface area contributed by atoms with Crippen LogP contribution in [0.15, 0.2) is 4.99 Å². The van der Waals surface area contributed by atoms with Crippen LogP contribution in [0.25, 0.3) is 0 Å². The van der Waals surface area contributed by atoms with Gasteiger partial charge in [0.05, 0.1) is 18.3 Å². The Morgan fingerprint density at radius 3 is 3.21 bits per heavy atom. The molecule has 0 aromatic heterocycles. The van der Waals surface area contributed by atoms with Crippen molar-refractivity contribution >= 4 is 11.7 Å². The van der Waals surface area contributed by atoms with Crippen molar-refractivity contribution in [2.24, 2.45) is 10.7 Å². The number of hydrogen-bond donors (Lipinski definition) is 2. The Morgan fingerprint density at radius 2 is 2.57 bits per heavy atom. The second kappa shape index (κ2) is 5.22. The highest BCUT2D eigenvalue weighted by Crippen LogP contribution is 2.11. The molecule has 1 aliphatic rings. The van der Waals surface area contributed by atoms with Crippen LogP contribution in [0.1, 0.15) is 25.7 Å². The maximum absolute atomic E-state index is 11.4. The van der Waals surface area contributed by atoms with Gasteiger partial charge in [0.1, 0.15) is 6.04 Å². The summed E-state index contributed by atoms with van der Waals surface area (Å²) >= 11 is 0. The Morgan fingerprint density at radius 1 is 1.79 bits per heavy atom. The van der Waals surface area contributed by atoms with Crippen molar-refractivity contribution in [3.05, 3.63) is 0 Å². The van der Waals surface area contributed by atoms with E-state index in [9.17, 15) is 4.79 Å². The van der Waals surface area contributed by atoms with Crippen molar-refractivity contribution in [1.29, 1.82) is 5.26 Å². The van der Waals surface area contributed by atoms with Crippen LogP contribution in [0.5, 0.6) is 0 Å². The van der Waals surface area contributed by atoms with E-state index in [1.807, 2.05) is 6.07 Å². The zero-order valence-corrected chi connectivity index (χ0v) is 7.99. The molecule has 1 atom stereocenters. The summed E-state index contributed by atoms with van der Waals surface area (Å²) in [5.74, 6) is 0.430. The second-order valence-corrected chi connectivity index (χ2v) is 3.23. The molecule has 3 N–H and O–H groups in total. The van der Waals surface area contributed by atoms with Crippen LogP contribution in [0, 0.1) is 11.3 Å². The molecule has 1 amide bonds. The van der Waals surface area contributed by atoms with Gasteiger partial charge in [-0.3, -0.25) is 9.79 Å². The minimum atomic E-state index is -0.345. The van der Waals surface area contributed by atoms with E-state index in [0.29, 0.717) is 18.8 Å². The molecular weight excluding hydrogens is 180 g/mol. The van der Waals surface area contributed by atoms with E-state index >= 15 is 0 Å². The first-order chi connectivity index (χ1) is 6.74. The zero-order chi connectivity index (χ0) is 10.4. The largest absolute Gasteiger partial charge is 0.387 e. The van der Waals surface area contributed by atoms with Gasteiger partial charge in [-0.1, -0.05) is 0 Å². The average molecular weight is 194 g/mol. The number of rotatable bonds is 3. The summed E-state index contributed by atoms with van der Waals surface area (Å²) in [6, 6.07) is 1.61. The highest BCUT2D eigenvalue weighted by molar-refractivity contribution is 5.88. The molecule has 14 heavy (non-hydrogen) atoms. The minimum absolute atomic E-state index is 0.122. The Hall–Kier alpha value is -1.57. The summed E-state index contributed by atoms with van der Waals surface area (Å²) < 4.78 is 0. The first-order valence-corrected chi connectivity index (χ1v) is 4.71. The lowest BCUT2D eigenvalue weighted by Gasteiger charge is -2.17. The molecule has 1 heterocycles. The molecule has 5 heteroatoms. The van der Waals surface area contributed by atoms with E-state index in [-0.39, 0.29) is 11.9 Å². The average Bonchev–Trinajstić information content (AvgIpc) is 2.18. The molecule has 0 saturated heterocycles. The van der Waals surface area contributed by atoms with E-state index in [1.54, 1.807) is 0 Å². The molecule has 0 aromatic carbocycles. The van der Waals surface area contributed by atoms with Crippen molar-refractivity contribution in [3.8, 4) is 6.07 Å². The van der Waals surface area contributed by atoms with Gasteiger partial charge in [-0.2, -0.15) is 5.26 Å². The fourth-order valence-corrected chi connectivity index (χ4v) is 1.35. The molecule has 5 nitrogen and oxygen atoms in total. The summed E-state index contributed by atoms with van der Waals surface area (Å²) in [7, 11) is 0. The summed E-state index contributed by atoms with van der Waals surface area (Å²) in [5.41, 5.74) is 5.54. The Bertz CT molecular complexity index is 279. The monoisotopic (exact) mass is 194 g/mol. The van der Waals surface area contributed by atoms with Gasteiger partial charge in [0.15, 0.2) is 0 Å². The first-order valence-electron chi connectivity index (χ1n) is 4.71. The van der Waals surface area contributed by atoms with Gasteiger partial charge < -0.3 is 11.1 Å². The Labute approximate surface area is 83.0 Å². The highest BCUT2D eigenvalue weighted by Gasteiger charge is 2.20. The summed E-state index contributed by atoms with van der Waals surface area (Å²) in [5, 5.41) is 10.9. The van der Waals surface area contributed by atoms with Gasteiger partial charge in [-0.05, 0) is 12.8 Å². The SMILES string of the molecule is N#CCCNC(=O)C1CCCC(N)=N1. The van der Waals surface area contributed by atoms with E-state index < -0.39 is 0 Å². The number of nitrogens with one attached hydrogen (secondary N) is 1. The number of nitrogens with two attached hydrogens (primary N) is 1. The molecular formula is C9H14N4O. The molecule has 0 aliphatic carbocycles. The third kappa shape index (κ3) is 3.05. The number of carbonyl (C=O) groups excluding carboxylic acids is 1. The molecule has 0 saturated carbocycles. The van der Waals surface area contributed by atoms with E-state index in [1.165, 1.54) is 0 Å².